The lowest BCUT2D eigenvalue weighted by Gasteiger charge is -2.31. The van der Waals surface area contributed by atoms with Gasteiger partial charge in [0.1, 0.15) is 24.5 Å². The lowest BCUT2D eigenvalue weighted by atomic mass is 10.00. The van der Waals surface area contributed by atoms with Crippen molar-refractivity contribution in [3.63, 3.8) is 0 Å². The first kappa shape index (κ1) is 30.2. The van der Waals surface area contributed by atoms with Crippen LogP contribution in [0.15, 0.2) is 83.9 Å². The lowest BCUT2D eigenvalue weighted by molar-refractivity contribution is -0.835. The van der Waals surface area contributed by atoms with E-state index < -0.39 is 28.3 Å². The van der Waals surface area contributed by atoms with Crippen molar-refractivity contribution >= 4 is 16.1 Å². The van der Waals surface area contributed by atoms with Gasteiger partial charge in [0.15, 0.2) is 0 Å². The molecule has 210 valence electrons. The maximum absolute atomic E-state index is 13.6. The normalized spacial score (nSPS) is 14.1. The summed E-state index contributed by atoms with van der Waals surface area (Å²) in [5, 5.41) is 11.5. The van der Waals surface area contributed by atoms with Gasteiger partial charge in [-0.1, -0.05) is 50.2 Å². The molecule has 9 nitrogen and oxygen atoms in total. The summed E-state index contributed by atoms with van der Waals surface area (Å²) in [6.07, 6.45) is 0.229. The Balaban J connectivity index is 1.84. The third-order valence-electron chi connectivity index (χ3n) is 6.38. The molecule has 10 heteroatoms. The number of amides is 1. The molecule has 1 aromatic heterocycles. The Bertz CT molecular complexity index is 1270. The van der Waals surface area contributed by atoms with E-state index in [0.29, 0.717) is 22.8 Å². The number of aromatic nitrogens is 1. The fraction of sp³-hybridized carbons (Fsp3) is 0.379. The van der Waals surface area contributed by atoms with Gasteiger partial charge in [0.05, 0.1) is 24.7 Å². The fourth-order valence-electron chi connectivity index (χ4n) is 4.24. The number of methoxy groups -OCH3 is 1. The maximum atomic E-state index is 13.6. The Morgan fingerprint density at radius 2 is 1.67 bits per heavy atom. The van der Waals surface area contributed by atoms with Gasteiger partial charge in [-0.2, -0.15) is 9.10 Å². The highest BCUT2D eigenvalue weighted by atomic mass is 32.2. The van der Waals surface area contributed by atoms with Crippen molar-refractivity contribution in [2.45, 2.75) is 43.9 Å². The Labute approximate surface area is 231 Å². The summed E-state index contributed by atoms with van der Waals surface area (Å²) >= 11 is 0. The van der Waals surface area contributed by atoms with Crippen molar-refractivity contribution in [3.8, 4) is 5.75 Å². The van der Waals surface area contributed by atoms with Gasteiger partial charge in [-0.15, -0.1) is 0 Å². The summed E-state index contributed by atoms with van der Waals surface area (Å²) < 4.78 is 39.2. The molecule has 0 saturated heterocycles. The van der Waals surface area contributed by atoms with Gasteiger partial charge in [-0.3, -0.25) is 4.98 Å². The number of aliphatic hydroxyl groups is 1. The summed E-state index contributed by atoms with van der Waals surface area (Å²) in [5.41, 5.74) is 1.51. The quantitative estimate of drug-likeness (QED) is 0.333. The van der Waals surface area contributed by atoms with Crippen LogP contribution >= 0.6 is 0 Å². The largest absolute Gasteiger partial charge is 0.514 e. The molecule has 2 N–H and O–H groups in total. The van der Waals surface area contributed by atoms with E-state index in [9.17, 15) is 18.3 Å². The summed E-state index contributed by atoms with van der Waals surface area (Å²) in [7, 11) is -0.791. The summed E-state index contributed by atoms with van der Waals surface area (Å²) in [6, 6.07) is 20.3. The average Bonchev–Trinajstić information content (AvgIpc) is 2.94. The molecule has 0 saturated carbocycles. The predicted octanol–water partition coefficient (Wildman–Crippen LogP) is 2.56. The molecular formula is C29H38N3O6S+. The Morgan fingerprint density at radius 3 is 2.26 bits per heavy atom. The van der Waals surface area contributed by atoms with E-state index in [1.165, 1.54) is 23.5 Å². The summed E-state index contributed by atoms with van der Waals surface area (Å²) in [4.78, 5) is 17.6. The number of rotatable bonds is 13. The maximum Gasteiger partial charge on any atom is 0.514 e. The monoisotopic (exact) mass is 556 g/mol. The molecule has 1 amide bonds. The van der Waals surface area contributed by atoms with Crippen LogP contribution in [0.3, 0.4) is 0 Å². The van der Waals surface area contributed by atoms with E-state index in [2.05, 4.69) is 4.98 Å². The van der Waals surface area contributed by atoms with Crippen LogP contribution in [-0.4, -0.2) is 68.3 Å². The zero-order valence-corrected chi connectivity index (χ0v) is 23.7. The number of benzene rings is 2. The number of nitrogens with one attached hydrogen (secondary N) is 1. The van der Waals surface area contributed by atoms with Crippen molar-refractivity contribution in [1.29, 1.82) is 0 Å². The predicted molar refractivity (Wildman–Crippen MR) is 148 cm³/mol. The number of ether oxygens (including phenoxy) is 2. The zero-order chi connectivity index (χ0) is 28.4. The van der Waals surface area contributed by atoms with Crippen LogP contribution in [0, 0.1) is 5.92 Å². The summed E-state index contributed by atoms with van der Waals surface area (Å²) in [6.45, 7) is 3.84. The van der Waals surface area contributed by atoms with Crippen LogP contribution < -0.4 is 9.64 Å². The second-order valence-corrected chi connectivity index (χ2v) is 11.8. The molecule has 0 spiro atoms. The first-order valence-electron chi connectivity index (χ1n) is 12.9. The molecule has 0 bridgehead atoms. The second-order valence-electron chi connectivity index (χ2n) is 9.84. The molecule has 0 aliphatic carbocycles. The SMILES string of the molecule is COc1ccc(S(=O)(=O)N(CC(C)C)C[C@@H](O)[C@H](Cc2ccccc2)[NH+](C)C(=O)OCc2ccccn2)cc1. The molecular weight excluding hydrogens is 518 g/mol. The molecule has 0 radical (unpaired) electrons. The Morgan fingerprint density at radius 1 is 1.00 bits per heavy atom. The standard InChI is InChI=1S/C29H37N3O6S/c1-22(2)19-32(39(35,36)26-15-13-25(37-4)14-16-26)20-28(33)27(18-23-10-6-5-7-11-23)31(3)29(34)38-21-24-12-8-9-17-30-24/h5-17,22,27-28,33H,18-21H2,1-4H3/p+1/t27-,28+/m0/s1. The number of carbonyl (C=O) groups is 1. The number of sulfonamides is 1. The third-order valence-corrected chi connectivity index (χ3v) is 8.22. The Kier molecular flexibility index (Phi) is 11.0. The number of hydrogen-bond donors (Lipinski definition) is 2. The number of nitrogens with zero attached hydrogens (tertiary/aromatic N) is 2. The number of aliphatic hydroxyl groups excluding tert-OH is 1. The van der Waals surface area contributed by atoms with E-state index in [4.69, 9.17) is 9.47 Å². The number of likely N-dealkylation sites (N-methyl/N-ethyl adjacent to an activating group) is 1. The first-order valence-corrected chi connectivity index (χ1v) is 14.3. The molecule has 1 heterocycles. The third kappa shape index (κ3) is 8.59. The van der Waals surface area contributed by atoms with Crippen LogP contribution in [0.25, 0.3) is 0 Å². The highest BCUT2D eigenvalue weighted by Crippen LogP contribution is 2.21. The molecule has 0 fully saturated rings. The van der Waals surface area contributed by atoms with Gasteiger partial charge in [0.25, 0.3) is 0 Å². The molecule has 3 atom stereocenters. The number of hydrogen-bond acceptors (Lipinski definition) is 7. The van der Waals surface area contributed by atoms with Crippen LogP contribution in [0.5, 0.6) is 5.75 Å². The van der Waals surface area contributed by atoms with E-state index in [-0.39, 0.29) is 30.5 Å². The van der Waals surface area contributed by atoms with Crippen molar-refractivity contribution < 1.29 is 32.7 Å². The van der Waals surface area contributed by atoms with Crippen molar-refractivity contribution in [3.05, 3.63) is 90.3 Å². The molecule has 3 aromatic rings. The molecule has 0 aliphatic heterocycles. The highest BCUT2D eigenvalue weighted by Gasteiger charge is 2.37. The zero-order valence-electron chi connectivity index (χ0n) is 22.9. The second kappa shape index (κ2) is 14.2. The van der Waals surface area contributed by atoms with E-state index in [0.717, 1.165) is 5.56 Å². The highest BCUT2D eigenvalue weighted by molar-refractivity contribution is 7.89. The average molecular weight is 557 g/mol. The van der Waals surface area contributed by atoms with E-state index in [1.807, 2.05) is 44.2 Å². The van der Waals surface area contributed by atoms with Gasteiger partial charge in [0, 0.05) is 25.7 Å². The van der Waals surface area contributed by atoms with E-state index >= 15 is 0 Å². The van der Waals surface area contributed by atoms with Crippen molar-refractivity contribution in [2.24, 2.45) is 5.92 Å². The topological polar surface area (TPSA) is 110 Å². The van der Waals surface area contributed by atoms with Gasteiger partial charge in [0.2, 0.25) is 10.0 Å². The molecule has 2 aromatic carbocycles. The van der Waals surface area contributed by atoms with Crippen LogP contribution in [0.2, 0.25) is 0 Å². The number of quaternary nitrogens is 1. The molecule has 0 aliphatic rings. The van der Waals surface area contributed by atoms with Gasteiger partial charge in [-0.25, -0.2) is 13.3 Å². The number of alkyl carbamates (subject to hydrolysis) is 2. The lowest BCUT2D eigenvalue weighted by Crippen LogP contribution is -3.17. The number of pyridine rings is 1. The molecule has 1 unspecified atom stereocenters. The summed E-state index contributed by atoms with van der Waals surface area (Å²) in [5.74, 6) is 0.549. The fourth-order valence-corrected chi connectivity index (χ4v) is 5.87. The minimum atomic E-state index is -3.93. The van der Waals surface area contributed by atoms with Crippen LogP contribution in [0.1, 0.15) is 25.1 Å². The van der Waals surface area contributed by atoms with E-state index in [1.54, 1.807) is 43.6 Å². The minimum Gasteiger partial charge on any atom is -0.497 e. The smallest absolute Gasteiger partial charge is 0.497 e. The molecule has 3 rings (SSSR count). The van der Waals surface area contributed by atoms with Gasteiger partial charge in [-0.05, 0) is 47.9 Å². The first-order chi connectivity index (χ1) is 18.6. The number of carbonyl (C=O) groups excluding carboxylic acids is 1. The minimum absolute atomic E-state index is 0.00348. The van der Waals surface area contributed by atoms with Crippen LogP contribution in [0.4, 0.5) is 4.79 Å². The van der Waals surface area contributed by atoms with Crippen LogP contribution in [-0.2, 0) is 27.8 Å². The van der Waals surface area contributed by atoms with Gasteiger partial charge < -0.3 is 14.6 Å². The Hall–Kier alpha value is -3.31. The van der Waals surface area contributed by atoms with Crippen molar-refractivity contribution in [1.82, 2.24) is 9.29 Å². The molecule has 39 heavy (non-hydrogen) atoms. The van der Waals surface area contributed by atoms with Gasteiger partial charge >= 0.3 is 6.09 Å². The van der Waals surface area contributed by atoms with Crippen molar-refractivity contribution in [2.75, 3.05) is 27.2 Å².